The molecule has 4 rings (SSSR count). The molecule has 1 saturated heterocycles. The smallest absolute Gasteiger partial charge is 0.311 e. The molecule has 0 spiro atoms. The topological polar surface area (TPSA) is 86.9 Å². The van der Waals surface area contributed by atoms with E-state index in [1.807, 2.05) is 24.3 Å². The van der Waals surface area contributed by atoms with Gasteiger partial charge in [0.15, 0.2) is 0 Å². The van der Waals surface area contributed by atoms with Crippen LogP contribution in [0.25, 0.3) is 11.0 Å². The van der Waals surface area contributed by atoms with Crippen molar-refractivity contribution in [1.82, 2.24) is 25.1 Å². The Labute approximate surface area is 151 Å². The zero-order chi connectivity index (χ0) is 17.9. The van der Waals surface area contributed by atoms with Gasteiger partial charge in [0.2, 0.25) is 0 Å². The van der Waals surface area contributed by atoms with Crippen molar-refractivity contribution in [2.24, 2.45) is 0 Å². The van der Waals surface area contributed by atoms with Crippen LogP contribution in [0.1, 0.15) is 36.0 Å². The lowest BCUT2D eigenvalue weighted by molar-refractivity contribution is -0.139. The predicted octanol–water partition coefficient (Wildman–Crippen LogP) is 2.38. The molecule has 7 heteroatoms. The van der Waals surface area contributed by atoms with Crippen LogP contribution < -0.4 is 0 Å². The third-order valence-electron chi connectivity index (χ3n) is 5.03. The van der Waals surface area contributed by atoms with Gasteiger partial charge in [0.25, 0.3) is 0 Å². The quantitative estimate of drug-likeness (QED) is 0.688. The van der Waals surface area contributed by atoms with Crippen molar-refractivity contribution in [2.75, 3.05) is 20.2 Å². The molecule has 2 N–H and O–H groups in total. The van der Waals surface area contributed by atoms with Gasteiger partial charge in [-0.25, -0.2) is 4.98 Å². The fourth-order valence-corrected chi connectivity index (χ4v) is 3.59. The van der Waals surface area contributed by atoms with Crippen molar-refractivity contribution in [2.45, 2.75) is 31.7 Å². The number of hydrogen-bond donors (Lipinski definition) is 2. The summed E-state index contributed by atoms with van der Waals surface area (Å²) >= 11 is 0. The number of likely N-dealkylation sites (tertiary alicyclic amines) is 1. The average Bonchev–Trinajstić information content (AvgIpc) is 3.28. The second-order valence-corrected chi connectivity index (χ2v) is 6.82. The molecule has 3 aromatic rings. The largest absolute Gasteiger partial charge is 0.469 e. The van der Waals surface area contributed by atoms with Gasteiger partial charge in [0.1, 0.15) is 5.82 Å². The number of carbonyl (C=O) groups excluding carboxylic acids is 1. The fraction of sp³-hybridized carbons (Fsp3) is 0.421. The SMILES string of the molecule is COC(=O)Cc1cc(C2CCN(Cc3nc4ccccc4[nH]3)CC2)n[nH]1. The first-order valence-corrected chi connectivity index (χ1v) is 8.98. The number of esters is 1. The molecule has 26 heavy (non-hydrogen) atoms. The van der Waals surface area contributed by atoms with Gasteiger partial charge in [-0.05, 0) is 44.1 Å². The summed E-state index contributed by atoms with van der Waals surface area (Å²) in [6.07, 6.45) is 2.36. The molecule has 136 valence electrons. The van der Waals surface area contributed by atoms with Gasteiger partial charge in [-0.2, -0.15) is 5.10 Å². The molecule has 0 amide bonds. The molecule has 1 aromatic carbocycles. The Bertz CT molecular complexity index is 859. The Morgan fingerprint density at radius 2 is 2.12 bits per heavy atom. The maximum atomic E-state index is 11.4. The number of nitrogens with zero attached hydrogens (tertiary/aromatic N) is 3. The summed E-state index contributed by atoms with van der Waals surface area (Å²) in [6, 6.07) is 10.1. The van der Waals surface area contributed by atoms with E-state index in [1.165, 1.54) is 7.11 Å². The van der Waals surface area contributed by atoms with E-state index in [0.717, 1.165) is 60.7 Å². The molecular weight excluding hydrogens is 330 g/mol. The molecular formula is C19H23N5O2. The number of methoxy groups -OCH3 is 1. The van der Waals surface area contributed by atoms with E-state index in [-0.39, 0.29) is 12.4 Å². The summed E-state index contributed by atoms with van der Waals surface area (Å²) in [5.74, 6) is 1.20. The highest BCUT2D eigenvalue weighted by Crippen LogP contribution is 2.28. The molecule has 0 aliphatic carbocycles. The molecule has 0 saturated carbocycles. The van der Waals surface area contributed by atoms with Crippen molar-refractivity contribution in [1.29, 1.82) is 0 Å². The number of H-pyrrole nitrogens is 2. The summed E-state index contributed by atoms with van der Waals surface area (Å²) in [4.78, 5) is 21.9. The number of rotatable bonds is 5. The first kappa shape index (κ1) is 16.8. The van der Waals surface area contributed by atoms with E-state index in [4.69, 9.17) is 4.74 Å². The molecule has 3 heterocycles. The van der Waals surface area contributed by atoms with Gasteiger partial charge >= 0.3 is 5.97 Å². The molecule has 1 fully saturated rings. The van der Waals surface area contributed by atoms with Crippen LogP contribution in [-0.2, 0) is 22.5 Å². The number of ether oxygens (including phenoxy) is 1. The number of piperidine rings is 1. The number of hydrogen-bond acceptors (Lipinski definition) is 5. The van der Waals surface area contributed by atoms with E-state index in [0.29, 0.717) is 5.92 Å². The molecule has 0 unspecified atom stereocenters. The maximum absolute atomic E-state index is 11.4. The third kappa shape index (κ3) is 3.62. The molecule has 1 aliphatic heterocycles. The summed E-state index contributed by atoms with van der Waals surface area (Å²) < 4.78 is 4.70. The van der Waals surface area contributed by atoms with Gasteiger partial charge in [-0.15, -0.1) is 0 Å². The Kier molecular flexibility index (Phi) is 4.71. The van der Waals surface area contributed by atoms with Crippen molar-refractivity contribution < 1.29 is 9.53 Å². The first-order chi connectivity index (χ1) is 12.7. The lowest BCUT2D eigenvalue weighted by Crippen LogP contribution is -2.32. The van der Waals surface area contributed by atoms with E-state index < -0.39 is 0 Å². The van der Waals surface area contributed by atoms with Gasteiger partial charge in [0, 0.05) is 11.6 Å². The highest BCUT2D eigenvalue weighted by molar-refractivity contribution is 5.74. The third-order valence-corrected chi connectivity index (χ3v) is 5.03. The molecule has 2 aromatic heterocycles. The zero-order valence-corrected chi connectivity index (χ0v) is 14.9. The summed E-state index contributed by atoms with van der Waals surface area (Å²) in [5, 5.41) is 7.35. The van der Waals surface area contributed by atoms with Crippen molar-refractivity contribution in [3.63, 3.8) is 0 Å². The molecule has 0 radical (unpaired) electrons. The van der Waals surface area contributed by atoms with E-state index >= 15 is 0 Å². The number of imidazole rings is 1. The fourth-order valence-electron chi connectivity index (χ4n) is 3.59. The Morgan fingerprint density at radius 1 is 1.31 bits per heavy atom. The normalized spacial score (nSPS) is 16.2. The van der Waals surface area contributed by atoms with Crippen LogP contribution in [0.15, 0.2) is 30.3 Å². The molecule has 1 aliphatic rings. The van der Waals surface area contributed by atoms with Crippen LogP contribution in [0.4, 0.5) is 0 Å². The number of aromatic amines is 2. The van der Waals surface area contributed by atoms with Crippen LogP contribution in [-0.4, -0.2) is 51.2 Å². The minimum atomic E-state index is -0.249. The predicted molar refractivity (Wildman–Crippen MR) is 97.7 cm³/mol. The van der Waals surface area contributed by atoms with Crippen LogP contribution in [0.5, 0.6) is 0 Å². The highest BCUT2D eigenvalue weighted by atomic mass is 16.5. The van der Waals surface area contributed by atoms with E-state index in [9.17, 15) is 4.79 Å². The average molecular weight is 353 g/mol. The molecule has 0 atom stereocenters. The van der Waals surface area contributed by atoms with Gasteiger partial charge in [0.05, 0.1) is 36.8 Å². The maximum Gasteiger partial charge on any atom is 0.311 e. The van der Waals surface area contributed by atoms with Crippen molar-refractivity contribution in [3.05, 3.63) is 47.5 Å². The minimum absolute atomic E-state index is 0.244. The first-order valence-electron chi connectivity index (χ1n) is 8.98. The second kappa shape index (κ2) is 7.29. The van der Waals surface area contributed by atoms with Crippen LogP contribution >= 0.6 is 0 Å². The van der Waals surface area contributed by atoms with Gasteiger partial charge in [-0.3, -0.25) is 14.8 Å². The van der Waals surface area contributed by atoms with Gasteiger partial charge in [-0.1, -0.05) is 12.1 Å². The number of para-hydroxylation sites is 2. The Balaban J connectivity index is 1.33. The van der Waals surface area contributed by atoms with Crippen molar-refractivity contribution >= 4 is 17.0 Å². The van der Waals surface area contributed by atoms with Crippen LogP contribution in [0, 0.1) is 0 Å². The zero-order valence-electron chi connectivity index (χ0n) is 14.9. The lowest BCUT2D eigenvalue weighted by Gasteiger charge is -2.30. The molecule has 7 nitrogen and oxygen atoms in total. The monoisotopic (exact) mass is 353 g/mol. The summed E-state index contributed by atoms with van der Waals surface area (Å²) in [6.45, 7) is 2.87. The minimum Gasteiger partial charge on any atom is -0.469 e. The standard InChI is InChI=1S/C19H23N5O2/c1-26-19(25)11-14-10-17(23-22-14)13-6-8-24(9-7-13)12-18-20-15-4-2-3-5-16(15)21-18/h2-5,10,13H,6-9,11-12H2,1H3,(H,20,21)(H,22,23). The van der Waals surface area contributed by atoms with E-state index in [1.54, 1.807) is 0 Å². The Hall–Kier alpha value is -2.67. The van der Waals surface area contributed by atoms with Crippen molar-refractivity contribution in [3.8, 4) is 0 Å². The Morgan fingerprint density at radius 3 is 2.88 bits per heavy atom. The summed E-state index contributed by atoms with van der Waals surface area (Å²) in [7, 11) is 1.40. The second-order valence-electron chi connectivity index (χ2n) is 6.82. The number of benzene rings is 1. The van der Waals surface area contributed by atoms with E-state index in [2.05, 4.69) is 31.1 Å². The van der Waals surface area contributed by atoms with Crippen LogP contribution in [0.2, 0.25) is 0 Å². The summed E-state index contributed by atoms with van der Waals surface area (Å²) in [5.41, 5.74) is 3.97. The number of fused-ring (bicyclic) bond motifs is 1. The number of carbonyl (C=O) groups is 1. The molecule has 0 bridgehead atoms. The number of nitrogens with one attached hydrogen (secondary N) is 2. The highest BCUT2D eigenvalue weighted by Gasteiger charge is 2.23. The number of aromatic nitrogens is 4. The lowest BCUT2D eigenvalue weighted by atomic mass is 9.93. The van der Waals surface area contributed by atoms with Crippen LogP contribution in [0.3, 0.4) is 0 Å². The van der Waals surface area contributed by atoms with Gasteiger partial charge < -0.3 is 9.72 Å².